The van der Waals surface area contributed by atoms with Crippen molar-refractivity contribution in [2.45, 2.75) is 25.9 Å². The molecule has 0 unspecified atom stereocenters. The molecule has 18 heavy (non-hydrogen) atoms. The molecule has 0 saturated heterocycles. The molecule has 4 nitrogen and oxygen atoms in total. The summed E-state index contributed by atoms with van der Waals surface area (Å²) in [6.45, 7) is 5.81. The highest BCUT2D eigenvalue weighted by Gasteiger charge is 2.10. The summed E-state index contributed by atoms with van der Waals surface area (Å²) >= 11 is 9.48. The van der Waals surface area contributed by atoms with E-state index in [1.165, 1.54) is 0 Å². The third-order valence-corrected chi connectivity index (χ3v) is 4.92. The summed E-state index contributed by atoms with van der Waals surface area (Å²) in [7, 11) is -0.222. The number of halogens is 2. The fourth-order valence-electron chi connectivity index (χ4n) is 1.49. The lowest BCUT2D eigenvalue weighted by atomic mass is 10.4. The first-order valence-electron chi connectivity index (χ1n) is 5.61. The molecule has 97 valence electrons. The van der Waals surface area contributed by atoms with E-state index in [1.54, 1.807) is 12.5 Å². The second-order valence-electron chi connectivity index (χ2n) is 4.30. The Morgan fingerprint density at radius 2 is 2.22 bits per heavy atom. The van der Waals surface area contributed by atoms with Gasteiger partial charge in [-0.05, 0) is 22.0 Å². The van der Waals surface area contributed by atoms with Gasteiger partial charge in [0.1, 0.15) is 12.2 Å². The van der Waals surface area contributed by atoms with Gasteiger partial charge in [0.2, 0.25) is 0 Å². The summed E-state index contributed by atoms with van der Waals surface area (Å²) in [6, 6.07) is 1.15. The molecule has 0 N–H and O–H groups in total. The van der Waals surface area contributed by atoms with Crippen LogP contribution in [0, 0.1) is 0 Å². The fraction of sp³-hybridized carbons (Fsp3) is 0.455. The number of rotatable bonds is 5. The zero-order valence-electron chi connectivity index (χ0n) is 10.3. The van der Waals surface area contributed by atoms with E-state index >= 15 is 0 Å². The van der Waals surface area contributed by atoms with Crippen molar-refractivity contribution in [3.8, 4) is 0 Å². The lowest BCUT2D eigenvalue weighted by molar-refractivity contribution is 0.0898. The lowest BCUT2D eigenvalue weighted by Crippen LogP contribution is -2.08. The van der Waals surface area contributed by atoms with Gasteiger partial charge in [-0.2, -0.15) is 0 Å². The Kier molecular flexibility index (Phi) is 4.77. The Hall–Kier alpha value is -0.433. The highest BCUT2D eigenvalue weighted by atomic mass is 79.9. The molecule has 1 radical (unpaired) electrons. The van der Waals surface area contributed by atoms with Crippen LogP contribution in [0.5, 0.6) is 0 Å². The molecule has 2 rings (SSSR count). The highest BCUT2D eigenvalue weighted by Crippen LogP contribution is 2.28. The summed E-state index contributed by atoms with van der Waals surface area (Å²) in [5.74, 6) is 0. The predicted octanol–water partition coefficient (Wildman–Crippen LogP) is 3.58. The minimum Gasteiger partial charge on any atom is -0.361 e. The molecular formula is C11H14BrClN3OSi. The number of aromatic nitrogens is 3. The SMILES string of the molecule is C[Si](C)CCOCn1cnc2c(Cl)c(Br)cnc21. The first-order valence-corrected chi connectivity index (χ1v) is 9.49. The van der Waals surface area contributed by atoms with Crippen LogP contribution in [0.1, 0.15) is 0 Å². The van der Waals surface area contributed by atoms with Crippen LogP contribution < -0.4 is 0 Å². The van der Waals surface area contributed by atoms with Gasteiger partial charge < -0.3 is 4.74 Å². The zero-order chi connectivity index (χ0) is 13.1. The van der Waals surface area contributed by atoms with Crippen LogP contribution in [0.2, 0.25) is 24.2 Å². The molecule has 0 aliphatic carbocycles. The maximum atomic E-state index is 6.14. The molecule has 2 aromatic heterocycles. The van der Waals surface area contributed by atoms with Crippen LogP contribution in [-0.4, -0.2) is 29.9 Å². The Balaban J connectivity index is 2.08. The third-order valence-electron chi connectivity index (χ3n) is 2.50. The smallest absolute Gasteiger partial charge is 0.163 e. The van der Waals surface area contributed by atoms with E-state index in [1.807, 2.05) is 4.57 Å². The van der Waals surface area contributed by atoms with Crippen molar-refractivity contribution < 1.29 is 4.74 Å². The second kappa shape index (κ2) is 6.14. The quantitative estimate of drug-likeness (QED) is 0.613. The molecule has 2 heterocycles. The topological polar surface area (TPSA) is 39.9 Å². The predicted molar refractivity (Wildman–Crippen MR) is 78.5 cm³/mol. The van der Waals surface area contributed by atoms with Crippen LogP contribution >= 0.6 is 27.5 Å². The number of imidazole rings is 1. The standard InChI is InChI=1S/C11H14BrClN3OSi/c1-18(2)4-3-17-7-16-6-15-10-9(13)8(12)5-14-11(10)16/h5-6H,3-4,7H2,1-2H3. The number of ether oxygens (including phenoxy) is 1. The molecule has 7 heteroatoms. The van der Waals surface area contributed by atoms with Gasteiger partial charge in [0, 0.05) is 21.6 Å². The number of hydrogen-bond acceptors (Lipinski definition) is 3. The van der Waals surface area contributed by atoms with Crippen molar-refractivity contribution in [2.24, 2.45) is 0 Å². The van der Waals surface area contributed by atoms with Crippen molar-refractivity contribution in [3.63, 3.8) is 0 Å². The van der Waals surface area contributed by atoms with Crippen LogP contribution in [0.3, 0.4) is 0 Å². The van der Waals surface area contributed by atoms with Crippen molar-refractivity contribution in [1.29, 1.82) is 0 Å². The summed E-state index contributed by atoms with van der Waals surface area (Å²) in [5.41, 5.74) is 1.45. The highest BCUT2D eigenvalue weighted by molar-refractivity contribution is 9.10. The molecule has 0 atom stereocenters. The first-order chi connectivity index (χ1) is 8.59. The molecular weight excluding hydrogens is 334 g/mol. The molecule has 0 spiro atoms. The van der Waals surface area contributed by atoms with Crippen LogP contribution in [0.25, 0.3) is 11.2 Å². The third kappa shape index (κ3) is 3.11. The van der Waals surface area contributed by atoms with E-state index in [-0.39, 0.29) is 8.80 Å². The molecule has 2 aromatic rings. The van der Waals surface area contributed by atoms with Gasteiger partial charge in [-0.25, -0.2) is 9.97 Å². The summed E-state index contributed by atoms with van der Waals surface area (Å²) in [6.07, 6.45) is 3.39. The van der Waals surface area contributed by atoms with Crippen molar-refractivity contribution in [1.82, 2.24) is 14.5 Å². The van der Waals surface area contributed by atoms with E-state index in [0.29, 0.717) is 17.3 Å². The van der Waals surface area contributed by atoms with Crippen molar-refractivity contribution in [2.75, 3.05) is 6.61 Å². The van der Waals surface area contributed by atoms with Gasteiger partial charge in [-0.15, -0.1) is 0 Å². The second-order valence-corrected chi connectivity index (χ2v) is 8.45. The normalized spacial score (nSPS) is 11.6. The zero-order valence-corrected chi connectivity index (χ0v) is 13.6. The Morgan fingerprint density at radius 3 is 2.94 bits per heavy atom. The van der Waals surface area contributed by atoms with Gasteiger partial charge in [-0.3, -0.25) is 4.57 Å². The minimum absolute atomic E-state index is 0.222. The van der Waals surface area contributed by atoms with Gasteiger partial charge in [-0.1, -0.05) is 24.7 Å². The molecule has 0 saturated carbocycles. The first kappa shape index (κ1) is 14.0. The number of pyridine rings is 1. The average Bonchev–Trinajstić information content (AvgIpc) is 2.73. The Labute approximate surface area is 121 Å². The fourth-order valence-corrected chi connectivity index (χ4v) is 2.51. The summed E-state index contributed by atoms with van der Waals surface area (Å²) in [5, 5.41) is 0.589. The van der Waals surface area contributed by atoms with Gasteiger partial charge in [0.15, 0.2) is 5.65 Å². The van der Waals surface area contributed by atoms with Gasteiger partial charge >= 0.3 is 0 Å². The molecule has 0 aromatic carbocycles. The van der Waals surface area contributed by atoms with Crippen LogP contribution in [0.4, 0.5) is 0 Å². The molecule has 0 fully saturated rings. The molecule has 0 aliphatic rings. The van der Waals surface area contributed by atoms with Gasteiger partial charge in [0.05, 0.1) is 15.8 Å². The molecule has 0 aliphatic heterocycles. The number of hydrogen-bond donors (Lipinski definition) is 0. The van der Waals surface area contributed by atoms with Gasteiger partial charge in [0.25, 0.3) is 0 Å². The summed E-state index contributed by atoms with van der Waals surface area (Å²) in [4.78, 5) is 8.57. The lowest BCUT2D eigenvalue weighted by Gasteiger charge is -2.07. The molecule has 0 bridgehead atoms. The number of nitrogens with zero attached hydrogens (tertiary/aromatic N) is 3. The Morgan fingerprint density at radius 1 is 1.44 bits per heavy atom. The van der Waals surface area contributed by atoms with E-state index in [2.05, 4.69) is 39.0 Å². The van der Waals surface area contributed by atoms with E-state index in [9.17, 15) is 0 Å². The number of fused-ring (bicyclic) bond motifs is 1. The monoisotopic (exact) mass is 346 g/mol. The minimum atomic E-state index is -0.222. The van der Waals surface area contributed by atoms with Crippen LogP contribution in [-0.2, 0) is 11.5 Å². The molecule has 0 amide bonds. The summed E-state index contributed by atoms with van der Waals surface area (Å²) < 4.78 is 8.24. The van der Waals surface area contributed by atoms with Crippen molar-refractivity contribution in [3.05, 3.63) is 22.0 Å². The average molecular weight is 348 g/mol. The maximum absolute atomic E-state index is 6.14. The largest absolute Gasteiger partial charge is 0.361 e. The Bertz CT molecular complexity index is 546. The van der Waals surface area contributed by atoms with E-state index < -0.39 is 0 Å². The van der Waals surface area contributed by atoms with Crippen molar-refractivity contribution >= 4 is 47.5 Å². The van der Waals surface area contributed by atoms with E-state index in [0.717, 1.165) is 22.8 Å². The van der Waals surface area contributed by atoms with E-state index in [4.69, 9.17) is 16.3 Å². The maximum Gasteiger partial charge on any atom is 0.163 e. The van der Waals surface area contributed by atoms with Crippen LogP contribution in [0.15, 0.2) is 17.0 Å².